The van der Waals surface area contributed by atoms with Crippen LogP contribution < -0.4 is 9.47 Å². The van der Waals surface area contributed by atoms with Crippen LogP contribution in [0.15, 0.2) is 54.1 Å². The minimum absolute atomic E-state index is 0.0248. The maximum Gasteiger partial charge on any atom is 0.295 e. The maximum atomic E-state index is 13.2. The van der Waals surface area contributed by atoms with Gasteiger partial charge >= 0.3 is 0 Å². The number of benzene rings is 2. The standard InChI is InChI=1S/C28H36N2O5/c1-18(2)17-34-23-9-7-8-21(16-23)26(31)24-25(20-10-12-22(13-11-20)35-19(3)4)30(15-14-29(5)6)28(33)27(24)32/h7-13,16,18-19,25,31H,14-15,17H2,1-6H3/b26-24-. The van der Waals surface area contributed by atoms with E-state index >= 15 is 0 Å². The molecule has 7 heteroatoms. The highest BCUT2D eigenvalue weighted by Gasteiger charge is 2.45. The highest BCUT2D eigenvalue weighted by atomic mass is 16.5. The van der Waals surface area contributed by atoms with Gasteiger partial charge < -0.3 is 24.4 Å². The van der Waals surface area contributed by atoms with Crippen LogP contribution in [0, 0.1) is 5.92 Å². The second-order valence-electron chi connectivity index (χ2n) is 9.76. The van der Waals surface area contributed by atoms with E-state index in [-0.39, 0.29) is 17.4 Å². The van der Waals surface area contributed by atoms with Crippen molar-refractivity contribution >= 4 is 17.4 Å². The number of hydrogen-bond acceptors (Lipinski definition) is 6. The molecule has 2 aromatic carbocycles. The van der Waals surface area contributed by atoms with Gasteiger partial charge in [0.2, 0.25) is 0 Å². The average Bonchev–Trinajstić information content (AvgIpc) is 3.06. The monoisotopic (exact) mass is 480 g/mol. The fourth-order valence-electron chi connectivity index (χ4n) is 3.92. The lowest BCUT2D eigenvalue weighted by Crippen LogP contribution is -2.35. The van der Waals surface area contributed by atoms with Crippen LogP contribution in [0.25, 0.3) is 5.76 Å². The normalized spacial score (nSPS) is 17.6. The van der Waals surface area contributed by atoms with Crippen LogP contribution in [0.4, 0.5) is 0 Å². The Labute approximate surface area is 207 Å². The molecule has 188 valence electrons. The van der Waals surface area contributed by atoms with E-state index < -0.39 is 17.7 Å². The van der Waals surface area contributed by atoms with Crippen LogP contribution in [-0.4, -0.2) is 66.5 Å². The fourth-order valence-corrected chi connectivity index (χ4v) is 3.92. The molecule has 0 saturated carbocycles. The summed E-state index contributed by atoms with van der Waals surface area (Å²) in [7, 11) is 3.82. The van der Waals surface area contributed by atoms with Gasteiger partial charge in [0.15, 0.2) is 0 Å². The van der Waals surface area contributed by atoms with E-state index in [9.17, 15) is 14.7 Å². The molecule has 1 fully saturated rings. The summed E-state index contributed by atoms with van der Waals surface area (Å²) in [5, 5.41) is 11.3. The number of aliphatic hydroxyl groups excluding tert-OH is 1. The zero-order valence-corrected chi connectivity index (χ0v) is 21.4. The van der Waals surface area contributed by atoms with Crippen molar-refractivity contribution in [3.63, 3.8) is 0 Å². The third-order valence-corrected chi connectivity index (χ3v) is 5.59. The molecule has 0 radical (unpaired) electrons. The van der Waals surface area contributed by atoms with E-state index in [2.05, 4.69) is 13.8 Å². The molecule has 1 aliphatic rings. The second kappa shape index (κ2) is 11.4. The summed E-state index contributed by atoms with van der Waals surface area (Å²) in [5.74, 6) is 0.117. The Kier molecular flexibility index (Phi) is 8.57. The van der Waals surface area contributed by atoms with Crippen molar-refractivity contribution in [2.24, 2.45) is 5.92 Å². The SMILES string of the molecule is CC(C)COc1cccc(/C(O)=C2/C(=O)C(=O)N(CCN(C)C)C2c2ccc(OC(C)C)cc2)c1. The number of amides is 1. The molecule has 1 aliphatic heterocycles. The predicted molar refractivity (Wildman–Crippen MR) is 137 cm³/mol. The summed E-state index contributed by atoms with van der Waals surface area (Å²) in [6.45, 7) is 9.46. The lowest BCUT2D eigenvalue weighted by Gasteiger charge is -2.26. The first-order valence-electron chi connectivity index (χ1n) is 12.0. The molecule has 3 rings (SSSR count). The van der Waals surface area contributed by atoms with Gasteiger partial charge in [0.1, 0.15) is 17.3 Å². The van der Waals surface area contributed by atoms with E-state index in [1.807, 2.05) is 57.1 Å². The third-order valence-electron chi connectivity index (χ3n) is 5.59. The molecule has 2 aromatic rings. The van der Waals surface area contributed by atoms with Gasteiger partial charge in [0.25, 0.3) is 11.7 Å². The Bertz CT molecular complexity index is 1070. The van der Waals surface area contributed by atoms with Crippen LogP contribution in [0.2, 0.25) is 0 Å². The van der Waals surface area contributed by atoms with Crippen molar-refractivity contribution in [2.75, 3.05) is 33.8 Å². The lowest BCUT2D eigenvalue weighted by molar-refractivity contribution is -0.140. The van der Waals surface area contributed by atoms with Gasteiger partial charge in [0, 0.05) is 18.7 Å². The molecule has 0 aromatic heterocycles. The van der Waals surface area contributed by atoms with Crippen molar-refractivity contribution < 1.29 is 24.2 Å². The quantitative estimate of drug-likeness (QED) is 0.307. The van der Waals surface area contributed by atoms with Gasteiger partial charge in [-0.15, -0.1) is 0 Å². The molecule has 0 aliphatic carbocycles. The van der Waals surface area contributed by atoms with Crippen molar-refractivity contribution in [1.29, 1.82) is 0 Å². The average molecular weight is 481 g/mol. The molecule has 1 unspecified atom stereocenters. The summed E-state index contributed by atoms with van der Waals surface area (Å²) < 4.78 is 11.5. The highest BCUT2D eigenvalue weighted by molar-refractivity contribution is 6.46. The number of ketones is 1. The van der Waals surface area contributed by atoms with E-state index in [1.54, 1.807) is 24.3 Å². The van der Waals surface area contributed by atoms with Gasteiger partial charge in [-0.2, -0.15) is 0 Å². The van der Waals surface area contributed by atoms with E-state index in [0.29, 0.717) is 42.7 Å². The van der Waals surface area contributed by atoms with Gasteiger partial charge in [-0.25, -0.2) is 0 Å². The summed E-state index contributed by atoms with van der Waals surface area (Å²) in [6.07, 6.45) is 0.0248. The van der Waals surface area contributed by atoms with Gasteiger partial charge in [-0.05, 0) is 63.7 Å². The van der Waals surface area contributed by atoms with Gasteiger partial charge in [-0.3, -0.25) is 9.59 Å². The molecule has 1 saturated heterocycles. The first-order valence-corrected chi connectivity index (χ1v) is 12.0. The molecular weight excluding hydrogens is 444 g/mol. The molecule has 1 amide bonds. The van der Waals surface area contributed by atoms with Crippen molar-refractivity contribution in [1.82, 2.24) is 9.80 Å². The Morgan fingerprint density at radius 3 is 2.31 bits per heavy atom. The number of carbonyl (C=O) groups excluding carboxylic acids is 2. The Hall–Kier alpha value is -3.32. The molecule has 7 nitrogen and oxygen atoms in total. The summed E-state index contributed by atoms with van der Waals surface area (Å²) in [5.41, 5.74) is 1.24. The molecule has 35 heavy (non-hydrogen) atoms. The zero-order chi connectivity index (χ0) is 25.7. The lowest BCUT2D eigenvalue weighted by atomic mass is 9.95. The third kappa shape index (κ3) is 6.42. The Morgan fingerprint density at radius 1 is 1.03 bits per heavy atom. The molecular formula is C28H36N2O5. The van der Waals surface area contributed by atoms with Crippen molar-refractivity contribution in [2.45, 2.75) is 39.8 Å². The van der Waals surface area contributed by atoms with Crippen molar-refractivity contribution in [3.05, 3.63) is 65.2 Å². The minimum Gasteiger partial charge on any atom is -0.507 e. The number of aliphatic hydroxyl groups is 1. The molecule has 1 atom stereocenters. The fraction of sp³-hybridized carbons (Fsp3) is 0.429. The van der Waals surface area contributed by atoms with E-state index in [0.717, 1.165) is 5.56 Å². The van der Waals surface area contributed by atoms with Crippen molar-refractivity contribution in [3.8, 4) is 11.5 Å². The van der Waals surface area contributed by atoms with E-state index in [1.165, 1.54) is 4.90 Å². The Morgan fingerprint density at radius 2 is 1.71 bits per heavy atom. The number of rotatable bonds is 10. The number of hydrogen-bond donors (Lipinski definition) is 1. The number of nitrogens with zero attached hydrogens (tertiary/aromatic N) is 2. The van der Waals surface area contributed by atoms with Crippen LogP contribution in [0.5, 0.6) is 11.5 Å². The number of likely N-dealkylation sites (N-methyl/N-ethyl adjacent to an activating group) is 1. The summed E-state index contributed by atoms with van der Waals surface area (Å²) in [6, 6.07) is 13.6. The molecule has 0 spiro atoms. The Balaban J connectivity index is 2.06. The predicted octanol–water partition coefficient (Wildman–Crippen LogP) is 4.49. The van der Waals surface area contributed by atoms with Gasteiger partial charge in [0.05, 0.1) is 24.3 Å². The number of carbonyl (C=O) groups is 2. The summed E-state index contributed by atoms with van der Waals surface area (Å²) >= 11 is 0. The minimum atomic E-state index is -0.705. The molecule has 1 N–H and O–H groups in total. The number of Topliss-reactive ketones (excluding diaryl/α,β-unsaturated/α-hetero) is 1. The highest BCUT2D eigenvalue weighted by Crippen LogP contribution is 2.40. The first-order chi connectivity index (χ1) is 16.6. The largest absolute Gasteiger partial charge is 0.507 e. The topological polar surface area (TPSA) is 79.3 Å². The van der Waals surface area contributed by atoms with Gasteiger partial charge in [-0.1, -0.05) is 38.1 Å². The molecule has 0 bridgehead atoms. The number of likely N-dealkylation sites (tertiary alicyclic amines) is 1. The summed E-state index contributed by atoms with van der Waals surface area (Å²) in [4.78, 5) is 29.7. The zero-order valence-electron chi connectivity index (χ0n) is 21.4. The molecule has 1 heterocycles. The van der Waals surface area contributed by atoms with E-state index in [4.69, 9.17) is 9.47 Å². The first kappa shape index (κ1) is 26.3. The number of ether oxygens (including phenoxy) is 2. The smallest absolute Gasteiger partial charge is 0.295 e. The van der Waals surface area contributed by atoms with Crippen LogP contribution in [0.1, 0.15) is 44.9 Å². The van der Waals surface area contributed by atoms with Crippen LogP contribution in [-0.2, 0) is 9.59 Å². The maximum absolute atomic E-state index is 13.2. The van der Waals surface area contributed by atoms with Crippen LogP contribution >= 0.6 is 0 Å². The van der Waals surface area contributed by atoms with Crippen LogP contribution in [0.3, 0.4) is 0 Å². The second-order valence-corrected chi connectivity index (χ2v) is 9.76.